The van der Waals surface area contributed by atoms with Crippen molar-refractivity contribution in [2.24, 2.45) is 0 Å². The predicted octanol–water partition coefficient (Wildman–Crippen LogP) is 1.98. The molecule has 0 aromatic carbocycles. The van der Waals surface area contributed by atoms with Gasteiger partial charge in [-0.05, 0) is 19.3 Å². The molecule has 0 aliphatic heterocycles. The molecule has 0 atom stereocenters. The summed E-state index contributed by atoms with van der Waals surface area (Å²) in [5.74, 6) is 0. The van der Waals surface area contributed by atoms with E-state index in [1.807, 2.05) is 0 Å². The van der Waals surface area contributed by atoms with E-state index in [1.54, 1.807) is 0 Å². The number of hydrogen-bond donors (Lipinski definition) is 0. The highest BCUT2D eigenvalue weighted by atomic mass is 35.5. The normalized spacial score (nSPS) is 27.0. The Hall–Kier alpha value is 0.290. The van der Waals surface area contributed by atoms with Crippen molar-refractivity contribution < 1.29 is 0 Å². The third-order valence-electron chi connectivity index (χ3n) is 1.24. The van der Waals surface area contributed by atoms with Crippen molar-refractivity contribution in [1.29, 1.82) is 0 Å². The Morgan fingerprint density at radius 2 is 2.17 bits per heavy atom. The molecule has 0 aromatic heterocycles. The molecular formula is C5H8Cl. The predicted molar refractivity (Wildman–Crippen MR) is 27.8 cm³/mol. The molecule has 1 radical (unpaired) electrons. The van der Waals surface area contributed by atoms with Crippen molar-refractivity contribution in [1.82, 2.24) is 0 Å². The topological polar surface area (TPSA) is 0 Å². The SMILES string of the molecule is [CH2]CC1(Cl)CC1. The standard InChI is InChI=1S/C5H8Cl/c1-2-5(6)3-4-5/h1-4H2. The summed E-state index contributed by atoms with van der Waals surface area (Å²) in [7, 11) is 0. The van der Waals surface area contributed by atoms with Gasteiger partial charge in [0.1, 0.15) is 0 Å². The molecule has 1 aliphatic rings. The molecule has 1 saturated carbocycles. The second-order valence-electron chi connectivity index (χ2n) is 1.90. The molecule has 0 unspecified atom stereocenters. The van der Waals surface area contributed by atoms with Crippen LogP contribution >= 0.6 is 11.6 Å². The van der Waals surface area contributed by atoms with E-state index in [9.17, 15) is 0 Å². The van der Waals surface area contributed by atoms with Gasteiger partial charge < -0.3 is 0 Å². The molecule has 0 saturated heterocycles. The van der Waals surface area contributed by atoms with Crippen molar-refractivity contribution >= 4 is 11.6 Å². The van der Waals surface area contributed by atoms with Crippen molar-refractivity contribution in [3.63, 3.8) is 0 Å². The molecule has 1 rings (SSSR count). The van der Waals surface area contributed by atoms with E-state index >= 15 is 0 Å². The van der Waals surface area contributed by atoms with Gasteiger partial charge in [-0.1, -0.05) is 6.92 Å². The maximum absolute atomic E-state index is 5.77. The molecule has 1 heteroatoms. The second-order valence-corrected chi connectivity index (χ2v) is 2.70. The fourth-order valence-electron chi connectivity index (χ4n) is 0.386. The molecule has 0 heterocycles. The van der Waals surface area contributed by atoms with Crippen LogP contribution in [0.3, 0.4) is 0 Å². The second kappa shape index (κ2) is 1.13. The first-order valence-electron chi connectivity index (χ1n) is 2.25. The van der Waals surface area contributed by atoms with Gasteiger partial charge in [0.25, 0.3) is 0 Å². The van der Waals surface area contributed by atoms with Crippen LogP contribution in [-0.4, -0.2) is 4.87 Å². The maximum Gasteiger partial charge on any atom is 0.0448 e. The fourth-order valence-corrected chi connectivity index (χ4v) is 0.480. The first-order chi connectivity index (χ1) is 2.77. The lowest BCUT2D eigenvalue weighted by Gasteiger charge is -1.93. The summed E-state index contributed by atoms with van der Waals surface area (Å²) in [6.07, 6.45) is 3.25. The van der Waals surface area contributed by atoms with Crippen LogP contribution in [0, 0.1) is 6.92 Å². The van der Waals surface area contributed by atoms with Gasteiger partial charge in [0.2, 0.25) is 0 Å². The minimum Gasteiger partial charge on any atom is -0.119 e. The van der Waals surface area contributed by atoms with E-state index in [-0.39, 0.29) is 4.87 Å². The molecule has 6 heavy (non-hydrogen) atoms. The van der Waals surface area contributed by atoms with E-state index in [0.717, 1.165) is 6.42 Å². The van der Waals surface area contributed by atoms with E-state index in [2.05, 4.69) is 6.92 Å². The lowest BCUT2D eigenvalue weighted by Crippen LogP contribution is -1.90. The highest BCUT2D eigenvalue weighted by molar-refractivity contribution is 6.25. The third-order valence-corrected chi connectivity index (χ3v) is 1.81. The van der Waals surface area contributed by atoms with Gasteiger partial charge >= 0.3 is 0 Å². The molecule has 0 nitrogen and oxygen atoms in total. The summed E-state index contributed by atoms with van der Waals surface area (Å²) in [6.45, 7) is 3.69. The Labute approximate surface area is 43.5 Å². The first-order valence-corrected chi connectivity index (χ1v) is 2.63. The van der Waals surface area contributed by atoms with Gasteiger partial charge in [-0.3, -0.25) is 0 Å². The van der Waals surface area contributed by atoms with Crippen molar-refractivity contribution in [2.75, 3.05) is 0 Å². The molecule has 35 valence electrons. The van der Waals surface area contributed by atoms with Gasteiger partial charge in [0.05, 0.1) is 0 Å². The van der Waals surface area contributed by atoms with E-state index in [4.69, 9.17) is 11.6 Å². The number of rotatable bonds is 1. The molecule has 1 aliphatic carbocycles. The molecule has 0 bridgehead atoms. The zero-order valence-electron chi connectivity index (χ0n) is 3.71. The van der Waals surface area contributed by atoms with E-state index < -0.39 is 0 Å². The third kappa shape index (κ3) is 0.676. The quantitative estimate of drug-likeness (QED) is 0.445. The lowest BCUT2D eigenvalue weighted by molar-refractivity contribution is 0.906. The van der Waals surface area contributed by atoms with E-state index in [0.29, 0.717) is 0 Å². The highest BCUT2D eigenvalue weighted by Gasteiger charge is 2.37. The molecule has 1 fully saturated rings. The molecular weight excluding hydrogens is 95.5 g/mol. The summed E-state index contributed by atoms with van der Waals surface area (Å²) >= 11 is 5.77. The summed E-state index contributed by atoms with van der Waals surface area (Å²) in [5, 5.41) is 0. The maximum atomic E-state index is 5.77. The molecule has 0 aromatic rings. The Balaban J connectivity index is 2.28. The van der Waals surface area contributed by atoms with Crippen LogP contribution in [0.4, 0.5) is 0 Å². The minimum absolute atomic E-state index is 0.153. The van der Waals surface area contributed by atoms with Crippen LogP contribution in [0.15, 0.2) is 0 Å². The monoisotopic (exact) mass is 103 g/mol. The number of alkyl halides is 1. The molecule has 0 spiro atoms. The number of hydrogen-bond acceptors (Lipinski definition) is 0. The largest absolute Gasteiger partial charge is 0.119 e. The first kappa shape index (κ1) is 4.45. The smallest absolute Gasteiger partial charge is 0.0448 e. The van der Waals surface area contributed by atoms with Crippen molar-refractivity contribution in [2.45, 2.75) is 24.1 Å². The summed E-state index contributed by atoms with van der Waals surface area (Å²) in [5.41, 5.74) is 0. The zero-order valence-corrected chi connectivity index (χ0v) is 4.46. The van der Waals surface area contributed by atoms with Crippen LogP contribution in [0.2, 0.25) is 0 Å². The van der Waals surface area contributed by atoms with Crippen LogP contribution in [0.5, 0.6) is 0 Å². The van der Waals surface area contributed by atoms with Gasteiger partial charge in [0.15, 0.2) is 0 Å². The Morgan fingerprint density at radius 1 is 1.67 bits per heavy atom. The van der Waals surface area contributed by atoms with Gasteiger partial charge in [0, 0.05) is 4.87 Å². The van der Waals surface area contributed by atoms with Crippen LogP contribution in [-0.2, 0) is 0 Å². The number of halogens is 1. The summed E-state index contributed by atoms with van der Waals surface area (Å²) in [6, 6.07) is 0. The van der Waals surface area contributed by atoms with Crippen LogP contribution < -0.4 is 0 Å². The highest BCUT2D eigenvalue weighted by Crippen LogP contribution is 2.44. The van der Waals surface area contributed by atoms with Gasteiger partial charge in [-0.25, -0.2) is 0 Å². The summed E-state index contributed by atoms with van der Waals surface area (Å²) < 4.78 is 0. The van der Waals surface area contributed by atoms with Crippen molar-refractivity contribution in [3.05, 3.63) is 6.92 Å². The van der Waals surface area contributed by atoms with E-state index in [1.165, 1.54) is 12.8 Å². The summed E-state index contributed by atoms with van der Waals surface area (Å²) in [4.78, 5) is 0.153. The van der Waals surface area contributed by atoms with Crippen molar-refractivity contribution in [3.8, 4) is 0 Å². The van der Waals surface area contributed by atoms with Gasteiger partial charge in [-0.15, -0.1) is 11.6 Å². The Bertz CT molecular complexity index is 55.0. The molecule has 0 amide bonds. The zero-order chi connectivity index (χ0) is 4.62. The fraction of sp³-hybridized carbons (Fsp3) is 0.800. The van der Waals surface area contributed by atoms with Gasteiger partial charge in [-0.2, -0.15) is 0 Å². The Morgan fingerprint density at radius 3 is 2.17 bits per heavy atom. The minimum atomic E-state index is 0.153. The average Bonchev–Trinajstić information content (AvgIpc) is 2.22. The van der Waals surface area contributed by atoms with Crippen LogP contribution in [0.1, 0.15) is 19.3 Å². The Kier molecular flexibility index (Phi) is 0.836. The average molecular weight is 104 g/mol. The lowest BCUT2D eigenvalue weighted by atomic mass is 10.3. The molecule has 0 N–H and O–H groups in total. The van der Waals surface area contributed by atoms with Crippen LogP contribution in [0.25, 0.3) is 0 Å².